The molecule has 4 heterocycles. The minimum absolute atomic E-state index is 0.0170. The van der Waals surface area contributed by atoms with Gasteiger partial charge in [0, 0.05) is 45.5 Å². The van der Waals surface area contributed by atoms with Crippen molar-refractivity contribution < 1.29 is 14.3 Å². The van der Waals surface area contributed by atoms with E-state index in [-0.39, 0.29) is 18.0 Å². The summed E-state index contributed by atoms with van der Waals surface area (Å²) in [7, 11) is 0. The van der Waals surface area contributed by atoms with E-state index in [2.05, 4.69) is 15.2 Å². The summed E-state index contributed by atoms with van der Waals surface area (Å²) in [5, 5.41) is 2.83. The molecular weight excluding hydrogens is 310 g/mol. The van der Waals surface area contributed by atoms with Crippen LogP contribution in [0.3, 0.4) is 0 Å². The second-order valence-corrected chi connectivity index (χ2v) is 6.32. The molecule has 0 saturated carbocycles. The highest BCUT2D eigenvalue weighted by Crippen LogP contribution is 2.20. The number of aromatic nitrogens is 1. The normalized spacial score (nSPS) is 23.9. The van der Waals surface area contributed by atoms with Gasteiger partial charge in [0.05, 0.1) is 36.7 Å². The monoisotopic (exact) mass is 331 g/mol. The number of rotatable bonds is 2. The van der Waals surface area contributed by atoms with Gasteiger partial charge in [-0.1, -0.05) is 0 Å². The van der Waals surface area contributed by atoms with Crippen LogP contribution in [-0.4, -0.2) is 85.2 Å². The molecule has 1 aromatic heterocycles. The molecule has 1 atom stereocenters. The van der Waals surface area contributed by atoms with Crippen LogP contribution in [0.25, 0.3) is 0 Å². The number of urea groups is 1. The first-order chi connectivity index (χ1) is 11.7. The number of ether oxygens (including phenoxy) is 1. The maximum atomic E-state index is 12.8. The standard InChI is InChI=1S/C16H21N5O3/c22-15(20-1-2-21-14(11-20)10-18-16(21)23)12-7-13(9-17-8-12)19-3-5-24-6-4-19/h7-9,14H,1-6,10-11H2,(H,18,23). The molecular formula is C16H21N5O3. The Bertz CT molecular complexity index is 646. The Kier molecular flexibility index (Phi) is 3.97. The number of piperazine rings is 1. The molecule has 3 aliphatic rings. The third kappa shape index (κ3) is 2.77. The van der Waals surface area contributed by atoms with Crippen molar-refractivity contribution in [3.8, 4) is 0 Å². The zero-order chi connectivity index (χ0) is 16.5. The summed E-state index contributed by atoms with van der Waals surface area (Å²) in [5.74, 6) is -0.0170. The smallest absolute Gasteiger partial charge is 0.317 e. The van der Waals surface area contributed by atoms with Gasteiger partial charge in [-0.05, 0) is 6.07 Å². The van der Waals surface area contributed by atoms with Crippen molar-refractivity contribution in [1.82, 2.24) is 20.1 Å². The SMILES string of the molecule is O=C(c1cncc(N2CCOCC2)c1)N1CCN2C(=O)NCC2C1. The topological polar surface area (TPSA) is 78.0 Å². The van der Waals surface area contributed by atoms with Gasteiger partial charge >= 0.3 is 6.03 Å². The molecule has 1 aromatic rings. The number of hydrogen-bond acceptors (Lipinski definition) is 5. The number of pyridine rings is 1. The first-order valence-corrected chi connectivity index (χ1v) is 8.34. The fraction of sp³-hybridized carbons (Fsp3) is 0.562. The molecule has 3 amide bonds. The highest BCUT2D eigenvalue weighted by Gasteiger charge is 2.37. The fourth-order valence-electron chi connectivity index (χ4n) is 3.51. The largest absolute Gasteiger partial charge is 0.378 e. The predicted molar refractivity (Wildman–Crippen MR) is 87.1 cm³/mol. The van der Waals surface area contributed by atoms with Crippen molar-refractivity contribution in [2.45, 2.75) is 6.04 Å². The van der Waals surface area contributed by atoms with E-state index < -0.39 is 0 Å². The minimum Gasteiger partial charge on any atom is -0.378 e. The van der Waals surface area contributed by atoms with Gasteiger partial charge in [0.1, 0.15) is 0 Å². The zero-order valence-corrected chi connectivity index (χ0v) is 13.5. The average Bonchev–Trinajstić information content (AvgIpc) is 3.02. The van der Waals surface area contributed by atoms with Crippen molar-refractivity contribution in [3.05, 3.63) is 24.0 Å². The zero-order valence-electron chi connectivity index (χ0n) is 13.5. The minimum atomic E-state index is -0.0249. The lowest BCUT2D eigenvalue weighted by atomic mass is 10.1. The Hall–Kier alpha value is -2.35. The highest BCUT2D eigenvalue weighted by atomic mass is 16.5. The Balaban J connectivity index is 1.47. The predicted octanol–water partition coefficient (Wildman–Crippen LogP) is -0.232. The number of anilines is 1. The number of carbonyl (C=O) groups excluding carboxylic acids is 2. The second-order valence-electron chi connectivity index (χ2n) is 6.32. The fourth-order valence-corrected chi connectivity index (χ4v) is 3.51. The van der Waals surface area contributed by atoms with Gasteiger partial charge < -0.3 is 24.8 Å². The molecule has 3 aliphatic heterocycles. The van der Waals surface area contributed by atoms with Crippen LogP contribution >= 0.6 is 0 Å². The lowest BCUT2D eigenvalue weighted by molar-refractivity contribution is 0.0616. The Morgan fingerprint density at radius 2 is 2.04 bits per heavy atom. The van der Waals surface area contributed by atoms with E-state index in [1.54, 1.807) is 12.4 Å². The van der Waals surface area contributed by atoms with Crippen molar-refractivity contribution >= 4 is 17.6 Å². The Morgan fingerprint density at radius 3 is 2.88 bits per heavy atom. The van der Waals surface area contributed by atoms with E-state index in [0.717, 1.165) is 18.8 Å². The van der Waals surface area contributed by atoms with E-state index in [9.17, 15) is 9.59 Å². The van der Waals surface area contributed by atoms with Crippen LogP contribution in [0.1, 0.15) is 10.4 Å². The molecule has 24 heavy (non-hydrogen) atoms. The third-order valence-electron chi connectivity index (χ3n) is 4.87. The highest BCUT2D eigenvalue weighted by molar-refractivity contribution is 5.95. The van der Waals surface area contributed by atoms with Crippen LogP contribution in [0, 0.1) is 0 Å². The second kappa shape index (κ2) is 6.27. The van der Waals surface area contributed by atoms with Gasteiger partial charge in [-0.15, -0.1) is 0 Å². The average molecular weight is 331 g/mol. The summed E-state index contributed by atoms with van der Waals surface area (Å²) in [6.45, 7) is 5.34. The van der Waals surface area contributed by atoms with Crippen molar-refractivity contribution in [2.24, 2.45) is 0 Å². The number of hydrogen-bond donors (Lipinski definition) is 1. The number of carbonyl (C=O) groups is 2. The molecule has 0 aromatic carbocycles. The molecule has 3 fully saturated rings. The molecule has 128 valence electrons. The van der Waals surface area contributed by atoms with E-state index in [1.807, 2.05) is 15.9 Å². The number of nitrogens with zero attached hydrogens (tertiary/aromatic N) is 4. The number of amides is 3. The number of fused-ring (bicyclic) bond motifs is 1. The van der Waals surface area contributed by atoms with Crippen molar-refractivity contribution in [3.63, 3.8) is 0 Å². The van der Waals surface area contributed by atoms with Crippen LogP contribution in [0.2, 0.25) is 0 Å². The van der Waals surface area contributed by atoms with E-state index in [0.29, 0.717) is 45.0 Å². The van der Waals surface area contributed by atoms with Crippen molar-refractivity contribution in [2.75, 3.05) is 57.4 Å². The van der Waals surface area contributed by atoms with Crippen LogP contribution in [-0.2, 0) is 4.74 Å². The summed E-state index contributed by atoms with van der Waals surface area (Å²) < 4.78 is 5.37. The molecule has 8 nitrogen and oxygen atoms in total. The van der Waals surface area contributed by atoms with Crippen molar-refractivity contribution in [1.29, 1.82) is 0 Å². The molecule has 0 bridgehead atoms. The molecule has 1 N–H and O–H groups in total. The molecule has 0 radical (unpaired) electrons. The summed E-state index contributed by atoms with van der Waals surface area (Å²) in [4.78, 5) is 34.5. The van der Waals surface area contributed by atoms with Crippen LogP contribution in [0.5, 0.6) is 0 Å². The molecule has 0 spiro atoms. The van der Waals surface area contributed by atoms with Gasteiger partial charge in [-0.3, -0.25) is 9.78 Å². The number of nitrogens with one attached hydrogen (secondary N) is 1. The first-order valence-electron chi connectivity index (χ1n) is 8.34. The maximum absolute atomic E-state index is 12.8. The van der Waals surface area contributed by atoms with Crippen LogP contribution in [0.4, 0.5) is 10.5 Å². The Labute approximate surface area is 140 Å². The Morgan fingerprint density at radius 1 is 1.21 bits per heavy atom. The summed E-state index contributed by atoms with van der Waals surface area (Å²) in [6.07, 6.45) is 3.41. The number of morpholine rings is 1. The molecule has 4 rings (SSSR count). The molecule has 1 unspecified atom stereocenters. The van der Waals surface area contributed by atoms with Gasteiger partial charge in [0.25, 0.3) is 5.91 Å². The van der Waals surface area contributed by atoms with E-state index >= 15 is 0 Å². The van der Waals surface area contributed by atoms with Gasteiger partial charge in [0.2, 0.25) is 0 Å². The van der Waals surface area contributed by atoms with Crippen LogP contribution in [0.15, 0.2) is 18.5 Å². The van der Waals surface area contributed by atoms with Crippen LogP contribution < -0.4 is 10.2 Å². The molecule has 3 saturated heterocycles. The van der Waals surface area contributed by atoms with Gasteiger partial charge in [-0.25, -0.2) is 4.79 Å². The summed E-state index contributed by atoms with van der Waals surface area (Å²) >= 11 is 0. The van der Waals surface area contributed by atoms with E-state index in [4.69, 9.17) is 4.74 Å². The maximum Gasteiger partial charge on any atom is 0.317 e. The lowest BCUT2D eigenvalue weighted by Crippen LogP contribution is -2.53. The summed E-state index contributed by atoms with van der Waals surface area (Å²) in [6, 6.07) is 1.96. The summed E-state index contributed by atoms with van der Waals surface area (Å²) in [5.41, 5.74) is 1.56. The quantitative estimate of drug-likeness (QED) is 0.810. The molecule has 0 aliphatic carbocycles. The molecule has 8 heteroatoms. The third-order valence-corrected chi connectivity index (χ3v) is 4.87. The van der Waals surface area contributed by atoms with Gasteiger partial charge in [-0.2, -0.15) is 0 Å². The lowest BCUT2D eigenvalue weighted by Gasteiger charge is -2.36. The van der Waals surface area contributed by atoms with E-state index in [1.165, 1.54) is 0 Å². The first kappa shape index (κ1) is 15.2. The van der Waals surface area contributed by atoms with Gasteiger partial charge in [0.15, 0.2) is 0 Å².